The summed E-state index contributed by atoms with van der Waals surface area (Å²) in [5.74, 6) is -1.31. The number of amides is 3. The van der Waals surface area contributed by atoms with Crippen LogP contribution in [0.5, 0.6) is 11.5 Å². The van der Waals surface area contributed by atoms with Crippen LogP contribution in [-0.2, 0) is 14.3 Å². The fourth-order valence-electron chi connectivity index (χ4n) is 3.23. The molecular formula is C21H26F2N2O6. The van der Waals surface area contributed by atoms with Crippen LogP contribution >= 0.6 is 0 Å². The summed E-state index contributed by atoms with van der Waals surface area (Å²) in [7, 11) is 1.29. The zero-order valence-electron chi connectivity index (χ0n) is 17.4. The van der Waals surface area contributed by atoms with E-state index in [1.807, 2.05) is 0 Å². The van der Waals surface area contributed by atoms with Gasteiger partial charge in [0.1, 0.15) is 0 Å². The highest BCUT2D eigenvalue weighted by Crippen LogP contribution is 2.29. The first-order valence-corrected chi connectivity index (χ1v) is 9.86. The van der Waals surface area contributed by atoms with Crippen molar-refractivity contribution in [3.8, 4) is 11.5 Å². The number of rotatable bonds is 8. The number of alkyl halides is 2. The first kappa shape index (κ1) is 24.1. The minimum Gasteiger partial charge on any atom is -0.493 e. The molecule has 0 saturated heterocycles. The van der Waals surface area contributed by atoms with Gasteiger partial charge >= 0.3 is 18.6 Å². The smallest absolute Gasteiger partial charge is 0.387 e. The summed E-state index contributed by atoms with van der Waals surface area (Å²) < 4.78 is 38.8. The Balaban J connectivity index is 1.78. The summed E-state index contributed by atoms with van der Waals surface area (Å²) >= 11 is 0. The molecule has 2 rings (SSSR count). The van der Waals surface area contributed by atoms with Crippen LogP contribution in [-0.4, -0.2) is 44.3 Å². The lowest BCUT2D eigenvalue weighted by atomic mass is 9.86. The van der Waals surface area contributed by atoms with E-state index in [0.29, 0.717) is 11.5 Å². The summed E-state index contributed by atoms with van der Waals surface area (Å²) in [6.07, 6.45) is 6.45. The van der Waals surface area contributed by atoms with E-state index in [4.69, 9.17) is 9.47 Å². The second-order valence-corrected chi connectivity index (χ2v) is 7.12. The zero-order chi connectivity index (χ0) is 22.8. The lowest BCUT2D eigenvalue weighted by Crippen LogP contribution is -2.48. The first-order chi connectivity index (χ1) is 14.8. The summed E-state index contributed by atoms with van der Waals surface area (Å²) in [5.41, 5.74) is 0.459. The average Bonchev–Trinajstić information content (AvgIpc) is 2.72. The minimum atomic E-state index is -3.00. The van der Waals surface area contributed by atoms with Crippen LogP contribution in [0.1, 0.15) is 38.2 Å². The van der Waals surface area contributed by atoms with E-state index in [-0.39, 0.29) is 17.5 Å². The summed E-state index contributed by atoms with van der Waals surface area (Å²) in [5, 5.41) is 4.90. The van der Waals surface area contributed by atoms with Crippen LogP contribution in [0.2, 0.25) is 0 Å². The van der Waals surface area contributed by atoms with Gasteiger partial charge in [-0.3, -0.25) is 10.1 Å². The molecule has 170 valence electrons. The van der Waals surface area contributed by atoms with Crippen molar-refractivity contribution in [3.63, 3.8) is 0 Å². The van der Waals surface area contributed by atoms with Crippen LogP contribution in [0.15, 0.2) is 24.3 Å². The molecule has 2 N–H and O–H groups in total. The molecule has 0 spiro atoms. The fraction of sp³-hybridized carbons (Fsp3) is 0.476. The number of methoxy groups -OCH3 is 1. The maximum atomic E-state index is 12.3. The monoisotopic (exact) mass is 440 g/mol. The molecule has 0 aliphatic heterocycles. The maximum Gasteiger partial charge on any atom is 0.387 e. The number of carbonyl (C=O) groups is 3. The normalized spacial score (nSPS) is 18.5. The van der Waals surface area contributed by atoms with Gasteiger partial charge in [0.25, 0.3) is 5.91 Å². The molecule has 0 aromatic heterocycles. The number of hydrogen-bond donors (Lipinski definition) is 2. The Labute approximate surface area is 178 Å². The molecule has 0 radical (unpaired) electrons. The van der Waals surface area contributed by atoms with Gasteiger partial charge in [-0.2, -0.15) is 8.78 Å². The highest BCUT2D eigenvalue weighted by molar-refractivity contribution is 5.96. The Morgan fingerprint density at radius 3 is 2.61 bits per heavy atom. The van der Waals surface area contributed by atoms with Crippen molar-refractivity contribution < 1.29 is 37.4 Å². The molecule has 1 aliphatic rings. The molecule has 1 aliphatic carbocycles. The molecular weight excluding hydrogens is 414 g/mol. The van der Waals surface area contributed by atoms with E-state index in [2.05, 4.69) is 22.3 Å². The molecule has 0 bridgehead atoms. The molecule has 2 unspecified atom stereocenters. The highest BCUT2D eigenvalue weighted by atomic mass is 19.3. The van der Waals surface area contributed by atoms with Crippen LogP contribution < -0.4 is 20.1 Å². The average molecular weight is 440 g/mol. The number of urea groups is 1. The number of imide groups is 1. The fourth-order valence-corrected chi connectivity index (χ4v) is 3.23. The third-order valence-corrected chi connectivity index (χ3v) is 4.84. The van der Waals surface area contributed by atoms with Gasteiger partial charge in [-0.15, -0.1) is 0 Å². The summed E-state index contributed by atoms with van der Waals surface area (Å²) in [4.78, 5) is 35.5. The van der Waals surface area contributed by atoms with Gasteiger partial charge in [0.05, 0.1) is 7.11 Å². The molecule has 10 heteroatoms. The van der Waals surface area contributed by atoms with E-state index in [1.165, 1.54) is 31.4 Å². The maximum absolute atomic E-state index is 12.3. The van der Waals surface area contributed by atoms with Gasteiger partial charge in [0.2, 0.25) is 0 Å². The molecule has 1 aromatic rings. The molecule has 8 nitrogen and oxygen atoms in total. The Bertz CT molecular complexity index is 815. The number of halogens is 2. The third kappa shape index (κ3) is 8.23. The van der Waals surface area contributed by atoms with Gasteiger partial charge in [0.15, 0.2) is 18.1 Å². The van der Waals surface area contributed by atoms with Gasteiger partial charge in [0, 0.05) is 12.1 Å². The van der Waals surface area contributed by atoms with E-state index in [1.54, 1.807) is 0 Å². The van der Waals surface area contributed by atoms with E-state index in [9.17, 15) is 23.2 Å². The van der Waals surface area contributed by atoms with Crippen molar-refractivity contribution in [2.24, 2.45) is 5.92 Å². The van der Waals surface area contributed by atoms with Crippen molar-refractivity contribution in [3.05, 3.63) is 29.8 Å². The van der Waals surface area contributed by atoms with E-state index in [0.717, 1.165) is 31.8 Å². The molecule has 0 heterocycles. The predicted molar refractivity (Wildman–Crippen MR) is 108 cm³/mol. The second-order valence-electron chi connectivity index (χ2n) is 7.12. The van der Waals surface area contributed by atoms with Gasteiger partial charge in [-0.1, -0.05) is 25.8 Å². The molecule has 1 saturated carbocycles. The molecule has 3 amide bonds. The van der Waals surface area contributed by atoms with E-state index >= 15 is 0 Å². The number of nitrogens with one attached hydrogen (secondary N) is 2. The first-order valence-electron chi connectivity index (χ1n) is 9.86. The van der Waals surface area contributed by atoms with Crippen molar-refractivity contribution >= 4 is 24.0 Å². The topological polar surface area (TPSA) is 103 Å². The van der Waals surface area contributed by atoms with Crippen molar-refractivity contribution in [2.45, 2.75) is 45.3 Å². The number of hydrogen-bond acceptors (Lipinski definition) is 6. The molecule has 1 fully saturated rings. The van der Waals surface area contributed by atoms with Crippen LogP contribution in [0.25, 0.3) is 6.08 Å². The SMILES string of the molecule is COc1cc(/C=C/C(=O)OCC(=O)NC(=O)NC2CCCCC2C)ccc1OC(F)F. The molecule has 31 heavy (non-hydrogen) atoms. The Morgan fingerprint density at radius 1 is 1.19 bits per heavy atom. The highest BCUT2D eigenvalue weighted by Gasteiger charge is 2.23. The Kier molecular flexibility index (Phi) is 9.23. The number of esters is 1. The third-order valence-electron chi connectivity index (χ3n) is 4.84. The predicted octanol–water partition coefficient (Wildman–Crippen LogP) is 3.26. The van der Waals surface area contributed by atoms with Gasteiger partial charge in [-0.05, 0) is 42.5 Å². The lowest BCUT2D eigenvalue weighted by molar-refractivity contribution is -0.143. The van der Waals surface area contributed by atoms with Crippen molar-refractivity contribution in [1.29, 1.82) is 0 Å². The standard InChI is InChI=1S/C21H26F2N2O6/c1-13-5-3-4-6-15(13)24-21(28)25-18(26)12-30-19(27)10-8-14-7-9-16(31-20(22)23)17(11-14)29-2/h7-11,13,15,20H,3-6,12H2,1-2H3,(H2,24,25,26,28)/b10-8+. The van der Waals surface area contributed by atoms with Crippen LogP contribution in [0.3, 0.4) is 0 Å². The molecule has 2 atom stereocenters. The quantitative estimate of drug-likeness (QED) is 0.475. The number of carbonyl (C=O) groups excluding carboxylic acids is 3. The minimum absolute atomic E-state index is 0.0153. The summed E-state index contributed by atoms with van der Waals surface area (Å²) in [6.45, 7) is -1.57. The zero-order valence-corrected chi connectivity index (χ0v) is 17.4. The van der Waals surface area contributed by atoms with Gasteiger partial charge in [-0.25, -0.2) is 9.59 Å². The Hall–Kier alpha value is -3.17. The van der Waals surface area contributed by atoms with Crippen LogP contribution in [0.4, 0.5) is 13.6 Å². The van der Waals surface area contributed by atoms with Crippen molar-refractivity contribution in [2.75, 3.05) is 13.7 Å². The molecule has 1 aromatic carbocycles. The Morgan fingerprint density at radius 2 is 1.94 bits per heavy atom. The van der Waals surface area contributed by atoms with Crippen molar-refractivity contribution in [1.82, 2.24) is 10.6 Å². The van der Waals surface area contributed by atoms with E-state index < -0.39 is 31.1 Å². The number of ether oxygens (including phenoxy) is 3. The largest absolute Gasteiger partial charge is 0.493 e. The lowest BCUT2D eigenvalue weighted by Gasteiger charge is -2.29. The van der Waals surface area contributed by atoms with Crippen LogP contribution in [0, 0.1) is 5.92 Å². The summed E-state index contributed by atoms with van der Waals surface area (Å²) in [6, 6.07) is 3.50. The number of benzene rings is 1. The van der Waals surface area contributed by atoms with Gasteiger partial charge < -0.3 is 19.5 Å². The second kappa shape index (κ2) is 11.9.